The molecule has 0 spiro atoms. The van der Waals surface area contributed by atoms with E-state index in [1.165, 1.54) is 24.2 Å². The van der Waals surface area contributed by atoms with Crippen molar-refractivity contribution in [2.45, 2.75) is 32.8 Å². The summed E-state index contributed by atoms with van der Waals surface area (Å²) in [5.41, 5.74) is 1.43. The average Bonchev–Trinajstić information content (AvgIpc) is 3.28. The fraction of sp³-hybridized carbons (Fsp3) is 0.474. The van der Waals surface area contributed by atoms with E-state index in [2.05, 4.69) is 10.3 Å². The molecule has 1 saturated carbocycles. The second kappa shape index (κ2) is 8.45. The number of benzene rings is 1. The number of rotatable bonds is 9. The van der Waals surface area contributed by atoms with E-state index < -0.39 is 0 Å². The minimum Gasteiger partial charge on any atom is -0.491 e. The molecule has 1 aromatic carbocycles. The van der Waals surface area contributed by atoms with E-state index in [0.29, 0.717) is 18.8 Å². The van der Waals surface area contributed by atoms with Gasteiger partial charge in [-0.2, -0.15) is 0 Å². The minimum absolute atomic E-state index is 0.147. The summed E-state index contributed by atoms with van der Waals surface area (Å²) in [5.74, 6) is 1.42. The van der Waals surface area contributed by atoms with Crippen molar-refractivity contribution in [1.29, 1.82) is 0 Å². The number of thiazole rings is 1. The molecule has 1 heterocycles. The van der Waals surface area contributed by atoms with Crippen molar-refractivity contribution in [1.82, 2.24) is 10.3 Å². The van der Waals surface area contributed by atoms with Gasteiger partial charge in [0.05, 0.1) is 12.7 Å². The number of carbonyl (C=O) groups is 1. The molecular formula is C19H24N2O3S. The number of nitrogens with one attached hydrogen (secondary N) is 1. The van der Waals surface area contributed by atoms with Gasteiger partial charge in [0, 0.05) is 24.1 Å². The Morgan fingerprint density at radius 1 is 1.32 bits per heavy atom. The summed E-state index contributed by atoms with van der Waals surface area (Å²) in [6.07, 6.45) is 2.70. The van der Waals surface area contributed by atoms with Gasteiger partial charge in [-0.1, -0.05) is 0 Å². The zero-order chi connectivity index (χ0) is 17.6. The molecule has 0 unspecified atom stereocenters. The molecule has 1 N–H and O–H groups in total. The number of nitrogens with zero attached hydrogens (tertiary/aromatic N) is 1. The zero-order valence-corrected chi connectivity index (χ0v) is 15.5. The predicted molar refractivity (Wildman–Crippen MR) is 99.2 cm³/mol. The monoisotopic (exact) mass is 360 g/mol. The van der Waals surface area contributed by atoms with Crippen LogP contribution < -0.4 is 10.1 Å². The summed E-state index contributed by atoms with van der Waals surface area (Å²) in [7, 11) is 0. The van der Waals surface area contributed by atoms with E-state index in [0.717, 1.165) is 28.8 Å². The van der Waals surface area contributed by atoms with Crippen LogP contribution in [-0.4, -0.2) is 36.8 Å². The van der Waals surface area contributed by atoms with Crippen LogP contribution in [0.1, 0.15) is 37.2 Å². The van der Waals surface area contributed by atoms with Gasteiger partial charge in [0.2, 0.25) is 0 Å². The van der Waals surface area contributed by atoms with Crippen molar-refractivity contribution in [2.24, 2.45) is 5.92 Å². The van der Waals surface area contributed by atoms with Gasteiger partial charge in [-0.15, -0.1) is 11.3 Å². The normalized spacial score (nSPS) is 13.9. The second-order valence-electron chi connectivity index (χ2n) is 6.50. The van der Waals surface area contributed by atoms with Crippen LogP contribution in [0.4, 0.5) is 0 Å². The van der Waals surface area contributed by atoms with Crippen LogP contribution in [0.25, 0.3) is 10.6 Å². The molecule has 6 heteroatoms. The highest BCUT2D eigenvalue weighted by Crippen LogP contribution is 2.28. The molecule has 1 fully saturated rings. The van der Waals surface area contributed by atoms with E-state index in [4.69, 9.17) is 9.47 Å². The quantitative estimate of drug-likeness (QED) is 0.692. The molecule has 0 bridgehead atoms. The third-order valence-corrected chi connectivity index (χ3v) is 4.68. The van der Waals surface area contributed by atoms with E-state index >= 15 is 0 Å². The summed E-state index contributed by atoms with van der Waals surface area (Å²) < 4.78 is 11.2. The minimum atomic E-state index is -0.155. The molecular weight excluding hydrogens is 336 g/mol. The molecule has 1 aliphatic carbocycles. The molecule has 1 aliphatic rings. The molecule has 0 aliphatic heterocycles. The van der Waals surface area contributed by atoms with Crippen molar-refractivity contribution < 1.29 is 14.3 Å². The van der Waals surface area contributed by atoms with E-state index in [1.54, 1.807) is 5.38 Å². The highest BCUT2D eigenvalue weighted by molar-refractivity contribution is 7.13. The van der Waals surface area contributed by atoms with Crippen molar-refractivity contribution in [3.63, 3.8) is 0 Å². The predicted octanol–water partition coefficient (Wildman–Crippen LogP) is 3.75. The lowest BCUT2D eigenvalue weighted by Gasteiger charge is -2.09. The van der Waals surface area contributed by atoms with Crippen LogP contribution >= 0.6 is 11.3 Å². The smallest absolute Gasteiger partial charge is 0.270 e. The number of aromatic nitrogens is 1. The van der Waals surface area contributed by atoms with Gasteiger partial charge in [-0.05, 0) is 56.9 Å². The molecule has 5 nitrogen and oxygen atoms in total. The number of ether oxygens (including phenoxy) is 2. The van der Waals surface area contributed by atoms with Crippen molar-refractivity contribution in [2.75, 3.05) is 19.8 Å². The Labute approximate surface area is 152 Å². The van der Waals surface area contributed by atoms with E-state index in [1.807, 2.05) is 38.1 Å². The topological polar surface area (TPSA) is 60.5 Å². The van der Waals surface area contributed by atoms with Crippen LogP contribution in [0.15, 0.2) is 29.6 Å². The molecule has 1 amide bonds. The first-order valence-electron chi connectivity index (χ1n) is 8.70. The SMILES string of the molecule is CC(C)Oc1ccc(-c2nc(C(=O)NCCOCC3CC3)cs2)cc1. The Balaban J connectivity index is 1.49. The molecule has 1 aromatic heterocycles. The summed E-state index contributed by atoms with van der Waals surface area (Å²) in [5, 5.41) is 5.46. The molecule has 25 heavy (non-hydrogen) atoms. The first-order chi connectivity index (χ1) is 12.1. The van der Waals surface area contributed by atoms with Gasteiger partial charge in [0.15, 0.2) is 0 Å². The Morgan fingerprint density at radius 3 is 2.76 bits per heavy atom. The highest BCUT2D eigenvalue weighted by atomic mass is 32.1. The van der Waals surface area contributed by atoms with Gasteiger partial charge >= 0.3 is 0 Å². The lowest BCUT2D eigenvalue weighted by atomic mass is 10.2. The first kappa shape index (κ1) is 17.9. The van der Waals surface area contributed by atoms with Crippen LogP contribution in [0, 0.1) is 5.92 Å². The standard InChI is InChI=1S/C19H24N2O3S/c1-13(2)24-16-7-5-15(6-8-16)19-21-17(12-25-19)18(22)20-9-10-23-11-14-3-4-14/h5-8,12-14H,3-4,9-11H2,1-2H3,(H,20,22). The third-order valence-electron chi connectivity index (χ3n) is 3.79. The highest BCUT2D eigenvalue weighted by Gasteiger charge is 2.21. The molecule has 0 atom stereocenters. The Morgan fingerprint density at radius 2 is 2.08 bits per heavy atom. The maximum atomic E-state index is 12.1. The number of amides is 1. The maximum Gasteiger partial charge on any atom is 0.270 e. The molecule has 2 aromatic rings. The maximum absolute atomic E-state index is 12.1. The van der Waals surface area contributed by atoms with E-state index in [-0.39, 0.29) is 12.0 Å². The fourth-order valence-electron chi connectivity index (χ4n) is 2.32. The van der Waals surface area contributed by atoms with Gasteiger partial charge in [-0.3, -0.25) is 4.79 Å². The van der Waals surface area contributed by atoms with Crippen molar-refractivity contribution >= 4 is 17.2 Å². The fourth-order valence-corrected chi connectivity index (χ4v) is 3.13. The van der Waals surface area contributed by atoms with Crippen LogP contribution in [0.2, 0.25) is 0 Å². The Bertz CT molecular complexity index is 693. The lowest BCUT2D eigenvalue weighted by molar-refractivity contribution is 0.0902. The third kappa shape index (κ3) is 5.54. The van der Waals surface area contributed by atoms with Crippen molar-refractivity contribution in [3.05, 3.63) is 35.3 Å². The molecule has 0 radical (unpaired) electrons. The summed E-state index contributed by atoms with van der Waals surface area (Å²) >= 11 is 1.46. The van der Waals surface area contributed by atoms with Gasteiger partial charge in [0.25, 0.3) is 5.91 Å². The lowest BCUT2D eigenvalue weighted by Crippen LogP contribution is -2.27. The van der Waals surface area contributed by atoms with Crippen LogP contribution in [0.3, 0.4) is 0 Å². The summed E-state index contributed by atoms with van der Waals surface area (Å²) in [4.78, 5) is 16.6. The van der Waals surface area contributed by atoms with Gasteiger partial charge in [-0.25, -0.2) is 4.98 Å². The zero-order valence-electron chi connectivity index (χ0n) is 14.7. The van der Waals surface area contributed by atoms with Crippen molar-refractivity contribution in [3.8, 4) is 16.3 Å². The molecule has 0 saturated heterocycles. The number of carbonyl (C=O) groups excluding carboxylic acids is 1. The average molecular weight is 360 g/mol. The number of hydrogen-bond donors (Lipinski definition) is 1. The van der Waals surface area contributed by atoms with Gasteiger partial charge in [0.1, 0.15) is 16.5 Å². The number of hydrogen-bond acceptors (Lipinski definition) is 5. The van der Waals surface area contributed by atoms with Gasteiger partial charge < -0.3 is 14.8 Å². The largest absolute Gasteiger partial charge is 0.491 e. The summed E-state index contributed by atoms with van der Waals surface area (Å²) in [6, 6.07) is 7.77. The van der Waals surface area contributed by atoms with Crippen LogP contribution in [0.5, 0.6) is 5.75 Å². The molecule has 134 valence electrons. The van der Waals surface area contributed by atoms with Crippen LogP contribution in [-0.2, 0) is 4.74 Å². The van der Waals surface area contributed by atoms with E-state index in [9.17, 15) is 4.79 Å². The molecule has 3 rings (SSSR count). The Kier molecular flexibility index (Phi) is 6.04. The first-order valence-corrected chi connectivity index (χ1v) is 9.58. The second-order valence-corrected chi connectivity index (χ2v) is 7.36. The Hall–Kier alpha value is -1.92. The summed E-state index contributed by atoms with van der Waals surface area (Å²) in [6.45, 7) is 5.87.